The van der Waals surface area contributed by atoms with Gasteiger partial charge < -0.3 is 18.6 Å². The van der Waals surface area contributed by atoms with E-state index in [0.717, 1.165) is 0 Å². The molecule has 134 valence electrons. The molecule has 0 radical (unpaired) electrons. The van der Waals surface area contributed by atoms with Gasteiger partial charge in [0.05, 0.1) is 26.4 Å². The van der Waals surface area contributed by atoms with Crippen molar-refractivity contribution >= 4 is 22.7 Å². The molecule has 26 heavy (non-hydrogen) atoms. The number of para-hydroxylation sites is 1. The summed E-state index contributed by atoms with van der Waals surface area (Å²) in [5, 5.41) is 0.551. The highest BCUT2D eigenvalue weighted by molar-refractivity contribution is 6.20. The lowest BCUT2D eigenvalue weighted by Crippen LogP contribution is -2.11. The van der Waals surface area contributed by atoms with Crippen molar-refractivity contribution in [2.75, 3.05) is 20.8 Å². The summed E-state index contributed by atoms with van der Waals surface area (Å²) < 4.78 is 21.1. The van der Waals surface area contributed by atoms with Gasteiger partial charge in [-0.25, -0.2) is 4.79 Å². The fourth-order valence-electron chi connectivity index (χ4n) is 2.73. The van der Waals surface area contributed by atoms with Gasteiger partial charge >= 0.3 is 5.97 Å². The maximum absolute atomic E-state index is 13.2. The number of ether oxygens (including phenoxy) is 3. The van der Waals surface area contributed by atoms with E-state index in [4.69, 9.17) is 18.6 Å². The Balaban J connectivity index is 2.16. The monoisotopic (exact) mass is 354 g/mol. The summed E-state index contributed by atoms with van der Waals surface area (Å²) in [6.45, 7) is 1.87. The minimum atomic E-state index is -0.674. The molecule has 2 aromatic carbocycles. The van der Waals surface area contributed by atoms with Crippen molar-refractivity contribution in [3.63, 3.8) is 0 Å². The highest BCUT2D eigenvalue weighted by Gasteiger charge is 2.27. The molecule has 6 nitrogen and oxygen atoms in total. The molecule has 0 N–H and O–H groups in total. The quantitative estimate of drug-likeness (QED) is 0.494. The number of benzene rings is 2. The number of carbonyl (C=O) groups excluding carboxylic acids is 2. The van der Waals surface area contributed by atoms with E-state index in [9.17, 15) is 9.59 Å². The SMILES string of the molecule is CCOC(=O)c1oc2ccccc2c1C(=O)c1ccc(OC)c(OC)c1. The van der Waals surface area contributed by atoms with Crippen LogP contribution in [-0.2, 0) is 4.74 Å². The van der Waals surface area contributed by atoms with Crippen LogP contribution in [0.4, 0.5) is 0 Å². The molecular formula is C20H18O6. The van der Waals surface area contributed by atoms with Crippen molar-refractivity contribution in [3.8, 4) is 11.5 Å². The van der Waals surface area contributed by atoms with Crippen LogP contribution in [0.25, 0.3) is 11.0 Å². The Labute approximate surface area is 150 Å². The van der Waals surface area contributed by atoms with Crippen molar-refractivity contribution in [2.45, 2.75) is 6.92 Å². The average molecular weight is 354 g/mol. The van der Waals surface area contributed by atoms with Crippen molar-refractivity contribution < 1.29 is 28.2 Å². The lowest BCUT2D eigenvalue weighted by Gasteiger charge is -2.09. The minimum absolute atomic E-state index is 0.104. The predicted molar refractivity (Wildman–Crippen MR) is 95.1 cm³/mol. The van der Waals surface area contributed by atoms with Crippen LogP contribution in [0.2, 0.25) is 0 Å². The van der Waals surface area contributed by atoms with Crippen molar-refractivity contribution in [1.29, 1.82) is 0 Å². The molecule has 0 fully saturated rings. The predicted octanol–water partition coefficient (Wildman–Crippen LogP) is 3.86. The molecule has 3 rings (SSSR count). The Bertz CT molecular complexity index is 970. The van der Waals surface area contributed by atoms with Crippen LogP contribution in [0.3, 0.4) is 0 Å². The molecule has 0 atom stereocenters. The van der Waals surface area contributed by atoms with Gasteiger partial charge in [-0.1, -0.05) is 18.2 Å². The molecule has 0 bridgehead atoms. The maximum atomic E-state index is 13.2. The highest BCUT2D eigenvalue weighted by atomic mass is 16.5. The molecule has 0 amide bonds. The highest BCUT2D eigenvalue weighted by Crippen LogP contribution is 2.32. The Morgan fingerprint density at radius 2 is 1.73 bits per heavy atom. The molecule has 0 unspecified atom stereocenters. The zero-order valence-electron chi connectivity index (χ0n) is 14.7. The first-order chi connectivity index (χ1) is 12.6. The Hall–Kier alpha value is -3.28. The molecule has 0 saturated heterocycles. The van der Waals surface area contributed by atoms with E-state index < -0.39 is 5.97 Å². The largest absolute Gasteiger partial charge is 0.493 e. The van der Waals surface area contributed by atoms with Crippen molar-refractivity contribution in [2.24, 2.45) is 0 Å². The summed E-state index contributed by atoms with van der Waals surface area (Å²) in [5.74, 6) is -0.213. The molecule has 3 aromatic rings. The van der Waals surface area contributed by atoms with Crippen LogP contribution in [0, 0.1) is 0 Å². The average Bonchev–Trinajstić information content (AvgIpc) is 3.06. The summed E-state index contributed by atoms with van der Waals surface area (Å²) in [7, 11) is 3.01. The summed E-state index contributed by atoms with van der Waals surface area (Å²) >= 11 is 0. The zero-order valence-corrected chi connectivity index (χ0v) is 14.7. The van der Waals surface area contributed by atoms with Crippen LogP contribution in [0.15, 0.2) is 46.9 Å². The number of fused-ring (bicyclic) bond motifs is 1. The molecule has 1 aromatic heterocycles. The molecular weight excluding hydrogens is 336 g/mol. The van der Waals surface area contributed by atoms with Gasteiger partial charge in [0.15, 0.2) is 17.3 Å². The third-order valence-electron chi connectivity index (χ3n) is 3.93. The van der Waals surface area contributed by atoms with E-state index >= 15 is 0 Å². The van der Waals surface area contributed by atoms with Crippen molar-refractivity contribution in [3.05, 3.63) is 59.4 Å². The number of methoxy groups -OCH3 is 2. The minimum Gasteiger partial charge on any atom is -0.493 e. The van der Waals surface area contributed by atoms with Crippen LogP contribution in [0.1, 0.15) is 33.4 Å². The second-order valence-corrected chi connectivity index (χ2v) is 5.42. The second-order valence-electron chi connectivity index (χ2n) is 5.42. The summed E-state index contributed by atoms with van der Waals surface area (Å²) in [6.07, 6.45) is 0. The molecule has 0 aliphatic rings. The Morgan fingerprint density at radius 3 is 2.42 bits per heavy atom. The molecule has 0 spiro atoms. The van der Waals surface area contributed by atoms with E-state index in [-0.39, 0.29) is 23.7 Å². The van der Waals surface area contributed by atoms with Crippen LogP contribution < -0.4 is 9.47 Å². The van der Waals surface area contributed by atoms with E-state index in [1.807, 2.05) is 0 Å². The number of hydrogen-bond acceptors (Lipinski definition) is 6. The summed E-state index contributed by atoms with van der Waals surface area (Å²) in [5.41, 5.74) is 0.963. The first kappa shape index (κ1) is 17.5. The molecule has 0 aliphatic heterocycles. The fraction of sp³-hybridized carbons (Fsp3) is 0.200. The van der Waals surface area contributed by atoms with Crippen LogP contribution >= 0.6 is 0 Å². The van der Waals surface area contributed by atoms with Gasteiger partial charge in [0, 0.05) is 10.9 Å². The number of esters is 1. The van der Waals surface area contributed by atoms with Gasteiger partial charge in [0.2, 0.25) is 5.76 Å². The van der Waals surface area contributed by atoms with Gasteiger partial charge in [-0.05, 0) is 31.2 Å². The Morgan fingerprint density at radius 1 is 1.00 bits per heavy atom. The lowest BCUT2D eigenvalue weighted by atomic mass is 9.99. The number of ketones is 1. The third kappa shape index (κ3) is 3.01. The van der Waals surface area contributed by atoms with Gasteiger partial charge in [-0.3, -0.25) is 4.79 Å². The molecule has 1 heterocycles. The normalized spacial score (nSPS) is 10.6. The number of carbonyl (C=O) groups is 2. The van der Waals surface area contributed by atoms with E-state index in [1.54, 1.807) is 49.4 Å². The van der Waals surface area contributed by atoms with E-state index in [1.165, 1.54) is 14.2 Å². The molecule has 0 aliphatic carbocycles. The molecule has 6 heteroatoms. The smallest absolute Gasteiger partial charge is 0.375 e. The summed E-state index contributed by atoms with van der Waals surface area (Å²) in [4.78, 5) is 25.4. The number of furan rings is 1. The standard InChI is InChI=1S/C20H18O6/c1-4-25-20(22)19-17(13-7-5-6-8-14(13)26-19)18(21)12-9-10-15(23-2)16(11-12)24-3/h5-11H,4H2,1-3H3. The van der Waals surface area contributed by atoms with Gasteiger partial charge in [0.25, 0.3) is 0 Å². The van der Waals surface area contributed by atoms with E-state index in [2.05, 4.69) is 0 Å². The fourth-order valence-corrected chi connectivity index (χ4v) is 2.73. The lowest BCUT2D eigenvalue weighted by molar-refractivity contribution is 0.0489. The van der Waals surface area contributed by atoms with Crippen LogP contribution in [-0.4, -0.2) is 32.6 Å². The zero-order chi connectivity index (χ0) is 18.7. The van der Waals surface area contributed by atoms with Gasteiger partial charge in [-0.2, -0.15) is 0 Å². The maximum Gasteiger partial charge on any atom is 0.375 e. The van der Waals surface area contributed by atoms with Gasteiger partial charge in [-0.15, -0.1) is 0 Å². The summed E-state index contributed by atoms with van der Waals surface area (Å²) in [6, 6.07) is 11.8. The third-order valence-corrected chi connectivity index (χ3v) is 3.93. The number of hydrogen-bond donors (Lipinski definition) is 0. The van der Waals surface area contributed by atoms with Crippen molar-refractivity contribution in [1.82, 2.24) is 0 Å². The second kappa shape index (κ2) is 7.31. The van der Waals surface area contributed by atoms with Gasteiger partial charge in [0.1, 0.15) is 5.58 Å². The Kier molecular flexibility index (Phi) is 4.93. The first-order valence-corrected chi connectivity index (χ1v) is 8.06. The topological polar surface area (TPSA) is 75.0 Å². The van der Waals surface area contributed by atoms with E-state index in [0.29, 0.717) is 28.0 Å². The van der Waals surface area contributed by atoms with Crippen LogP contribution in [0.5, 0.6) is 11.5 Å². The number of rotatable bonds is 6. The first-order valence-electron chi connectivity index (χ1n) is 8.06. The molecule has 0 saturated carbocycles.